The molecule has 14 rings (SSSR count). The Balaban J connectivity index is 1.24. The van der Waals surface area contributed by atoms with Crippen LogP contribution in [0.3, 0.4) is 0 Å². The number of hydrogen-bond acceptors (Lipinski definition) is 2. The van der Waals surface area contributed by atoms with E-state index >= 15 is 0 Å². The smallest absolute Gasteiger partial charge is 0.136 e. The molecule has 0 N–H and O–H groups in total. The van der Waals surface area contributed by atoms with E-state index in [0.717, 1.165) is 56.0 Å². The highest BCUT2D eigenvalue weighted by atomic mass is 16.3. The van der Waals surface area contributed by atoms with E-state index in [1.165, 1.54) is 88.6 Å². The molecule has 268 valence electrons. The molecule has 58 heavy (non-hydrogen) atoms. The molecule has 0 spiro atoms. The van der Waals surface area contributed by atoms with E-state index < -0.39 is 0 Å². The van der Waals surface area contributed by atoms with Gasteiger partial charge in [-0.25, -0.2) is 0 Å². The number of hydrogen-bond donors (Lipinski definition) is 0. The fraction of sp³-hybridized carbons (Fsp3) is 0.0182. The Bertz CT molecular complexity index is 3760. The number of para-hydroxylation sites is 4. The van der Waals surface area contributed by atoms with Gasteiger partial charge in [0.15, 0.2) is 0 Å². The first-order valence-corrected chi connectivity index (χ1v) is 20.0. The average molecular weight is 738 g/mol. The van der Waals surface area contributed by atoms with Gasteiger partial charge < -0.3 is 13.4 Å². The summed E-state index contributed by atoms with van der Waals surface area (Å²) < 4.78 is 15.8. The lowest BCUT2D eigenvalue weighted by molar-refractivity contribution is 0.668. The highest BCUT2D eigenvalue weighted by Crippen LogP contribution is 2.56. The summed E-state index contributed by atoms with van der Waals surface area (Å²) in [7, 11) is 0. The summed E-state index contributed by atoms with van der Waals surface area (Å²) in [5.41, 5.74) is 22.0. The van der Waals surface area contributed by atoms with Gasteiger partial charge in [0.05, 0.1) is 11.0 Å². The third kappa shape index (κ3) is 3.92. The molecule has 0 bridgehead atoms. The monoisotopic (exact) mass is 737 g/mol. The van der Waals surface area contributed by atoms with Gasteiger partial charge in [0, 0.05) is 49.1 Å². The van der Waals surface area contributed by atoms with Crippen LogP contribution in [0.5, 0.6) is 0 Å². The number of benzene rings is 9. The predicted molar refractivity (Wildman–Crippen MR) is 239 cm³/mol. The van der Waals surface area contributed by atoms with Crippen LogP contribution >= 0.6 is 0 Å². The van der Waals surface area contributed by atoms with E-state index in [9.17, 15) is 0 Å². The van der Waals surface area contributed by atoms with Gasteiger partial charge in [0.25, 0.3) is 0 Å². The zero-order chi connectivity index (χ0) is 37.6. The van der Waals surface area contributed by atoms with Gasteiger partial charge in [-0.1, -0.05) is 97.1 Å². The molecule has 0 radical (unpaired) electrons. The van der Waals surface area contributed by atoms with Crippen molar-refractivity contribution in [3.8, 4) is 61.3 Å². The van der Waals surface area contributed by atoms with Crippen molar-refractivity contribution in [3.63, 3.8) is 0 Å². The minimum atomic E-state index is 0.888. The van der Waals surface area contributed by atoms with Gasteiger partial charge in [-0.3, -0.25) is 0 Å². The summed E-state index contributed by atoms with van der Waals surface area (Å²) >= 11 is 0. The van der Waals surface area contributed by atoms with Crippen molar-refractivity contribution < 1.29 is 8.83 Å². The summed E-state index contributed by atoms with van der Waals surface area (Å²) in [4.78, 5) is 0. The Labute approximate surface area is 332 Å². The van der Waals surface area contributed by atoms with Crippen LogP contribution in [-0.4, -0.2) is 4.57 Å². The van der Waals surface area contributed by atoms with Gasteiger partial charge in [-0.05, 0) is 141 Å². The molecule has 3 heteroatoms. The first kappa shape index (κ1) is 30.6. The molecule has 12 aromatic rings. The summed E-state index contributed by atoms with van der Waals surface area (Å²) in [5, 5.41) is 6.98. The minimum Gasteiger partial charge on any atom is -0.456 e. The largest absolute Gasteiger partial charge is 0.456 e. The lowest BCUT2D eigenvalue weighted by atomic mass is 9.77. The van der Waals surface area contributed by atoms with Crippen LogP contribution in [-0.2, 0) is 6.42 Å². The summed E-state index contributed by atoms with van der Waals surface area (Å²) in [6.45, 7) is 0. The van der Waals surface area contributed by atoms with Crippen LogP contribution in [0.4, 0.5) is 0 Å². The van der Waals surface area contributed by atoms with Gasteiger partial charge in [0.2, 0.25) is 0 Å². The molecule has 3 nitrogen and oxygen atoms in total. The molecule has 0 fully saturated rings. The predicted octanol–water partition coefficient (Wildman–Crippen LogP) is 15.1. The Morgan fingerprint density at radius 3 is 1.64 bits per heavy atom. The van der Waals surface area contributed by atoms with Gasteiger partial charge in [-0.15, -0.1) is 0 Å². The Morgan fingerprint density at radius 2 is 0.914 bits per heavy atom. The second kappa shape index (κ2) is 11.0. The lowest BCUT2D eigenvalue weighted by Crippen LogP contribution is -2.00. The Hall–Kier alpha value is -7.62. The summed E-state index contributed by atoms with van der Waals surface area (Å²) in [5.74, 6) is 0. The number of rotatable bonds is 1. The van der Waals surface area contributed by atoms with Crippen molar-refractivity contribution in [2.75, 3.05) is 0 Å². The molecular weight excluding hydrogens is 707 g/mol. The van der Waals surface area contributed by atoms with Crippen LogP contribution in [0.1, 0.15) is 11.1 Å². The van der Waals surface area contributed by atoms with Crippen LogP contribution < -0.4 is 0 Å². The minimum absolute atomic E-state index is 0.888. The maximum absolute atomic E-state index is 6.68. The molecule has 0 saturated heterocycles. The quantitative estimate of drug-likeness (QED) is 0.168. The molecule has 2 aliphatic rings. The zero-order valence-electron chi connectivity index (χ0n) is 31.2. The molecule has 3 heterocycles. The number of aromatic nitrogens is 1. The summed E-state index contributed by atoms with van der Waals surface area (Å²) in [6.07, 6.45) is 0.902. The second-order valence-corrected chi connectivity index (χ2v) is 15.9. The SMILES string of the molecule is c1ccc(-n2c3ccccc3c3cc4c(cc32)-c2cc3c(cc2-c2c(ccc5oc6ccccc6c25)-c2ccc5oc6ccccc6c5c2-4)-c2ccccc2C3)cc1. The van der Waals surface area contributed by atoms with Crippen molar-refractivity contribution in [1.82, 2.24) is 4.57 Å². The fourth-order valence-corrected chi connectivity index (χ4v) is 10.6. The van der Waals surface area contributed by atoms with Crippen LogP contribution in [0.2, 0.25) is 0 Å². The molecule has 3 aromatic heterocycles. The van der Waals surface area contributed by atoms with Crippen LogP contribution in [0.25, 0.3) is 127 Å². The van der Waals surface area contributed by atoms with Crippen molar-refractivity contribution in [2.45, 2.75) is 6.42 Å². The number of furan rings is 2. The number of fused-ring (bicyclic) bond motifs is 22. The lowest BCUT2D eigenvalue weighted by Gasteiger charge is -2.25. The maximum Gasteiger partial charge on any atom is 0.136 e. The second-order valence-electron chi connectivity index (χ2n) is 15.9. The highest BCUT2D eigenvalue weighted by Gasteiger charge is 2.31. The fourth-order valence-electron chi connectivity index (χ4n) is 10.6. The van der Waals surface area contributed by atoms with E-state index in [4.69, 9.17) is 8.83 Å². The van der Waals surface area contributed by atoms with Crippen molar-refractivity contribution in [3.05, 3.63) is 187 Å². The molecule has 2 aliphatic carbocycles. The van der Waals surface area contributed by atoms with E-state index in [-0.39, 0.29) is 0 Å². The number of nitrogens with zero attached hydrogens (tertiary/aromatic N) is 1. The molecule has 0 amide bonds. The molecule has 0 saturated carbocycles. The van der Waals surface area contributed by atoms with E-state index in [2.05, 4.69) is 180 Å². The molecule has 9 aromatic carbocycles. The first-order valence-electron chi connectivity index (χ1n) is 20.0. The Morgan fingerprint density at radius 1 is 0.328 bits per heavy atom. The van der Waals surface area contributed by atoms with E-state index in [1.807, 2.05) is 0 Å². The normalized spacial score (nSPS) is 12.8. The van der Waals surface area contributed by atoms with E-state index in [0.29, 0.717) is 0 Å². The maximum atomic E-state index is 6.68. The van der Waals surface area contributed by atoms with Crippen molar-refractivity contribution in [2.24, 2.45) is 0 Å². The third-order valence-electron chi connectivity index (χ3n) is 13.0. The molecule has 0 atom stereocenters. The van der Waals surface area contributed by atoms with Crippen molar-refractivity contribution in [1.29, 1.82) is 0 Å². The van der Waals surface area contributed by atoms with Gasteiger partial charge in [-0.2, -0.15) is 0 Å². The topological polar surface area (TPSA) is 31.2 Å². The molecule has 0 unspecified atom stereocenters. The molecular formula is C55H31NO2. The standard InChI is InChI=1S/C55H31NO2/c1-2-13-33(14-3-1)56-46-19-9-6-16-35(46)43-29-45-42(30-47(43)56)41-27-32-26-31-12-4-5-15-34(31)40(32)28-44(41)52-36(22-24-50-54(52)38-17-7-10-20-48(38)57-50)37-23-25-51-55(53(37)45)39-18-8-11-21-49(39)58-51/h1-25,27-30H,26H2. The van der Waals surface area contributed by atoms with Crippen LogP contribution in [0.15, 0.2) is 185 Å². The van der Waals surface area contributed by atoms with E-state index in [1.54, 1.807) is 0 Å². The average Bonchev–Trinajstić information content (AvgIpc) is 4.03. The first-order chi connectivity index (χ1) is 28.8. The van der Waals surface area contributed by atoms with Crippen molar-refractivity contribution >= 4 is 65.7 Å². The Kier molecular flexibility index (Phi) is 5.81. The van der Waals surface area contributed by atoms with Gasteiger partial charge >= 0.3 is 0 Å². The van der Waals surface area contributed by atoms with Gasteiger partial charge in [0.1, 0.15) is 22.3 Å². The van der Waals surface area contributed by atoms with Crippen LogP contribution in [0, 0.1) is 0 Å². The summed E-state index contributed by atoms with van der Waals surface area (Å²) in [6, 6.07) is 64.5. The molecule has 0 aliphatic heterocycles. The third-order valence-corrected chi connectivity index (χ3v) is 13.0. The highest BCUT2D eigenvalue weighted by molar-refractivity contribution is 6.25. The zero-order valence-corrected chi connectivity index (χ0v) is 31.2.